The van der Waals surface area contributed by atoms with E-state index in [2.05, 4.69) is 12.2 Å². The number of rotatable bonds is 4. The Kier molecular flexibility index (Phi) is 27.6. The van der Waals surface area contributed by atoms with Crippen molar-refractivity contribution in [2.45, 2.75) is 0 Å². The second kappa shape index (κ2) is 20.6. The summed E-state index contributed by atoms with van der Waals surface area (Å²) >= 11 is 0. The van der Waals surface area contributed by atoms with E-state index in [0.29, 0.717) is 0 Å². The molecule has 0 radical (unpaired) electrons. The third-order valence-electron chi connectivity index (χ3n) is 2.10. The minimum absolute atomic E-state index is 0. The van der Waals surface area contributed by atoms with Crippen LogP contribution < -0.4 is 24.8 Å². The van der Waals surface area contributed by atoms with E-state index in [9.17, 15) is 0 Å². The molecule has 0 saturated carbocycles. The fourth-order valence-corrected chi connectivity index (χ4v) is 1.29. The zero-order chi connectivity index (χ0) is 13.1. The van der Waals surface area contributed by atoms with Crippen LogP contribution >= 0.6 is 0 Å². The molecule has 128 valence electrons. The number of benzene rings is 2. The third kappa shape index (κ3) is 14.5. The molecule has 0 nitrogen and oxygen atoms in total. The molecule has 0 N–H and O–H groups in total. The second-order valence-corrected chi connectivity index (χ2v) is 3.44. The number of allylic oxidation sites excluding steroid dienone is 2. The van der Waals surface area contributed by atoms with Gasteiger partial charge in [-0.1, -0.05) is 36.4 Å². The van der Waals surface area contributed by atoms with Crippen molar-refractivity contribution in [1.29, 1.82) is 0 Å². The molecule has 0 fully saturated rings. The fourth-order valence-electron chi connectivity index (χ4n) is 1.29. The summed E-state index contributed by atoms with van der Waals surface area (Å²) in [5.74, 6) is 0. The van der Waals surface area contributed by atoms with Crippen molar-refractivity contribution in [2.24, 2.45) is 0 Å². The monoisotopic (exact) mass is 512 g/mol. The molecular weight excluding hydrogens is 500 g/mol. The molecule has 0 bridgehead atoms. The summed E-state index contributed by atoms with van der Waals surface area (Å²) in [6.07, 6.45) is 8.39. The van der Waals surface area contributed by atoms with Gasteiger partial charge in [-0.15, -0.1) is 0 Å². The third-order valence-corrected chi connectivity index (χ3v) is 2.10. The van der Waals surface area contributed by atoms with Crippen molar-refractivity contribution in [3.05, 3.63) is 110 Å². The van der Waals surface area contributed by atoms with Gasteiger partial charge < -0.3 is 74.1 Å². The first kappa shape index (κ1) is 29.6. The van der Waals surface area contributed by atoms with E-state index in [0.717, 1.165) is 11.1 Å². The average molecular weight is 514 g/mol. The van der Waals surface area contributed by atoms with Gasteiger partial charge in [0.05, 0.1) is 0 Å². The first-order chi connectivity index (χ1) is 8.86. The van der Waals surface area contributed by atoms with Gasteiger partial charge in [-0.25, -0.2) is 0 Å². The second-order valence-electron chi connectivity index (χ2n) is 3.44. The molecular formula is C18H14Cl2Pd2-8. The van der Waals surface area contributed by atoms with E-state index in [1.165, 1.54) is 0 Å². The van der Waals surface area contributed by atoms with Crippen LogP contribution in [-0.2, 0) is 40.8 Å². The van der Waals surface area contributed by atoms with Crippen LogP contribution in [0.25, 0.3) is 0 Å². The topological polar surface area (TPSA) is 0 Å². The molecule has 0 atom stereocenters. The Morgan fingerprint density at radius 2 is 0.864 bits per heavy atom. The van der Waals surface area contributed by atoms with E-state index in [1.807, 2.05) is 60.7 Å². The first-order valence-corrected chi connectivity index (χ1v) is 5.55. The predicted molar refractivity (Wildman–Crippen MR) is 74.8 cm³/mol. The number of hydrogen-bond donors (Lipinski definition) is 0. The van der Waals surface area contributed by atoms with Crippen LogP contribution in [0.1, 0.15) is 11.1 Å². The van der Waals surface area contributed by atoms with E-state index < -0.39 is 0 Å². The molecule has 0 aromatic heterocycles. The van der Waals surface area contributed by atoms with Crippen LogP contribution in [-0.4, -0.2) is 0 Å². The standard InChI is InChI=1S/2C9H7.2ClH.2Pd/c2*1-2-6-9-7-4-3-5-8-9;;;;/h2*1,3-8H;2*1H;;/q2*-3;;;;/p-2. The summed E-state index contributed by atoms with van der Waals surface area (Å²) in [4.78, 5) is 0. The molecule has 0 aliphatic carbocycles. The summed E-state index contributed by atoms with van der Waals surface area (Å²) in [7, 11) is 0. The average Bonchev–Trinajstić information content (AvgIpc) is 2.43. The van der Waals surface area contributed by atoms with Crippen LogP contribution in [0.5, 0.6) is 0 Å². The Labute approximate surface area is 174 Å². The van der Waals surface area contributed by atoms with Crippen LogP contribution in [0.15, 0.2) is 60.7 Å². The summed E-state index contributed by atoms with van der Waals surface area (Å²) < 4.78 is 0. The Morgan fingerprint density at radius 1 is 0.591 bits per heavy atom. The fraction of sp³-hybridized carbons (Fsp3) is 0. The van der Waals surface area contributed by atoms with E-state index >= 15 is 0 Å². The van der Waals surface area contributed by atoms with Crippen molar-refractivity contribution in [3.63, 3.8) is 0 Å². The minimum atomic E-state index is 0. The van der Waals surface area contributed by atoms with E-state index in [1.54, 1.807) is 12.8 Å². The van der Waals surface area contributed by atoms with Gasteiger partial charge in [0.2, 0.25) is 0 Å². The van der Waals surface area contributed by atoms with Crippen LogP contribution in [0.2, 0.25) is 0 Å². The summed E-state index contributed by atoms with van der Waals surface area (Å²) in [6, 6.07) is 19.7. The maximum Gasteiger partial charge on any atom is 0 e. The van der Waals surface area contributed by atoms with Gasteiger partial charge in [-0.3, -0.25) is 0 Å². The molecule has 22 heavy (non-hydrogen) atoms. The Balaban J connectivity index is -0.000000125. The molecule has 0 aliphatic heterocycles. The van der Waals surface area contributed by atoms with Gasteiger partial charge >= 0.3 is 0 Å². The molecule has 2 aromatic carbocycles. The molecule has 2 aromatic rings. The van der Waals surface area contributed by atoms with Crippen molar-refractivity contribution in [1.82, 2.24) is 0 Å². The molecule has 4 heteroatoms. The van der Waals surface area contributed by atoms with Gasteiger partial charge in [-0.2, -0.15) is 24.3 Å². The maximum absolute atomic E-state index is 5.05. The van der Waals surface area contributed by atoms with Gasteiger partial charge in [0, 0.05) is 40.8 Å². The smallest absolute Gasteiger partial charge is 0 e. The Hall–Kier alpha value is -0.435. The largest absolute Gasteiger partial charge is 1.00 e. The van der Waals surface area contributed by atoms with Gasteiger partial charge in [0.1, 0.15) is 0 Å². The molecule has 0 heterocycles. The molecule has 0 unspecified atom stereocenters. The first-order valence-electron chi connectivity index (χ1n) is 5.55. The van der Waals surface area contributed by atoms with Crippen molar-refractivity contribution < 1.29 is 65.7 Å². The number of halogens is 2. The van der Waals surface area contributed by atoms with E-state index in [-0.39, 0.29) is 65.7 Å². The molecule has 0 amide bonds. The quantitative estimate of drug-likeness (QED) is 0.330. The summed E-state index contributed by atoms with van der Waals surface area (Å²) in [5, 5.41) is 0. The van der Waals surface area contributed by atoms with Crippen LogP contribution in [0.4, 0.5) is 0 Å². The van der Waals surface area contributed by atoms with Crippen LogP contribution in [0.3, 0.4) is 0 Å². The molecule has 0 aliphatic rings. The molecule has 0 saturated heterocycles. The maximum atomic E-state index is 5.05. The van der Waals surface area contributed by atoms with Crippen LogP contribution in [0, 0.1) is 38.2 Å². The Bertz CT molecular complexity index is 414. The zero-order valence-corrected chi connectivity index (χ0v) is 16.1. The van der Waals surface area contributed by atoms with Gasteiger partial charge in [0.25, 0.3) is 0 Å². The summed E-state index contributed by atoms with van der Waals surface area (Å²) in [5.41, 5.74) is 2.17. The minimum Gasteiger partial charge on any atom is -1.00 e. The number of hydrogen-bond acceptors (Lipinski definition) is 0. The predicted octanol–water partition coefficient (Wildman–Crippen LogP) is -1.93. The normalized spacial score (nSPS) is 6.91. The van der Waals surface area contributed by atoms with Gasteiger partial charge in [0.15, 0.2) is 0 Å². The van der Waals surface area contributed by atoms with Crippen molar-refractivity contribution in [3.8, 4) is 0 Å². The molecule has 0 spiro atoms. The van der Waals surface area contributed by atoms with E-state index in [4.69, 9.17) is 13.2 Å². The van der Waals surface area contributed by atoms with Crippen molar-refractivity contribution >= 4 is 0 Å². The van der Waals surface area contributed by atoms with Crippen molar-refractivity contribution in [2.75, 3.05) is 0 Å². The molecule has 2 rings (SSSR count). The SMILES string of the molecule is [CH-]=[C-][CH-]c1ccccc1.[CH-]=[C-][CH-]c1ccccc1.[Cl-].[Cl-].[Pd].[Pd]. The van der Waals surface area contributed by atoms with Gasteiger partial charge in [-0.05, 0) is 0 Å². The zero-order valence-electron chi connectivity index (χ0n) is 11.5. The summed E-state index contributed by atoms with van der Waals surface area (Å²) in [6.45, 7) is 10.1. The Morgan fingerprint density at radius 3 is 1.09 bits per heavy atom.